The Bertz CT molecular complexity index is 2190. The first-order chi connectivity index (χ1) is 21.6. The first kappa shape index (κ1) is 27.1. The molecule has 0 fully saturated rings. The van der Waals surface area contributed by atoms with Crippen molar-refractivity contribution in [1.82, 2.24) is 0 Å². The summed E-state index contributed by atoms with van der Waals surface area (Å²) in [6.45, 7) is 2.25. The smallest absolute Gasteiger partial charge is 0.00149 e. The molecule has 0 radical (unpaired) electrons. The van der Waals surface area contributed by atoms with Crippen molar-refractivity contribution in [3.8, 4) is 22.3 Å². The summed E-state index contributed by atoms with van der Waals surface area (Å²) in [6.07, 6.45) is 5.34. The summed E-state index contributed by atoms with van der Waals surface area (Å²) in [4.78, 5) is 1.34. The van der Waals surface area contributed by atoms with Gasteiger partial charge in [0.1, 0.15) is 0 Å². The highest BCUT2D eigenvalue weighted by atomic mass is 32.2. The minimum atomic E-state index is -0.0285. The highest BCUT2D eigenvalue weighted by Crippen LogP contribution is 2.47. The zero-order chi connectivity index (χ0) is 29.8. The molecule has 0 amide bonds. The molecule has 0 N–H and O–H groups in total. The Balaban J connectivity index is 1.35. The average molecular weight is 585 g/mol. The Morgan fingerprint density at radius 2 is 1.30 bits per heavy atom. The van der Waals surface area contributed by atoms with Crippen LogP contribution in [0.2, 0.25) is 0 Å². The van der Waals surface area contributed by atoms with E-state index in [1.807, 2.05) is 0 Å². The van der Waals surface area contributed by atoms with E-state index in [-0.39, 0.29) is 10.5 Å². The van der Waals surface area contributed by atoms with Crippen LogP contribution in [0, 0.1) is 0 Å². The van der Waals surface area contributed by atoms with E-state index in [0.717, 1.165) is 19.3 Å². The maximum absolute atomic E-state index is 4.38. The minimum absolute atomic E-state index is 0.0285. The quantitative estimate of drug-likeness (QED) is 0.139. The molecule has 1 aliphatic rings. The van der Waals surface area contributed by atoms with Crippen molar-refractivity contribution in [2.24, 2.45) is 0 Å². The van der Waals surface area contributed by atoms with Crippen LogP contribution in [-0.2, 0) is 19.3 Å². The number of benzene rings is 7. The molecule has 214 valence electrons. The molecule has 0 heterocycles. The maximum Gasteiger partial charge on any atom is 0.00149 e. The predicted octanol–water partition coefficient (Wildman–Crippen LogP) is 11.6. The SMILES string of the molecule is C=S(C)c1ccc2c(c1)-c1cc(CC)ccc1CC2Cc1c2ccccc2c(-c2cccc3ccccc23)c2ccccc12. The zero-order valence-corrected chi connectivity index (χ0v) is 26.3. The summed E-state index contributed by atoms with van der Waals surface area (Å²) < 4.78 is 0. The van der Waals surface area contributed by atoms with Gasteiger partial charge in [-0.25, -0.2) is 0 Å². The molecule has 0 nitrogen and oxygen atoms in total. The Labute approximate surface area is 262 Å². The van der Waals surface area contributed by atoms with Gasteiger partial charge in [0, 0.05) is 4.90 Å². The molecular formula is C43H36S. The molecule has 0 spiro atoms. The van der Waals surface area contributed by atoms with E-state index < -0.39 is 0 Å². The lowest BCUT2D eigenvalue weighted by Crippen LogP contribution is -2.15. The Morgan fingerprint density at radius 1 is 0.636 bits per heavy atom. The van der Waals surface area contributed by atoms with Crippen LogP contribution in [0.15, 0.2) is 132 Å². The Kier molecular flexibility index (Phi) is 6.73. The van der Waals surface area contributed by atoms with Gasteiger partial charge in [0.05, 0.1) is 0 Å². The minimum Gasteiger partial charge on any atom is -0.165 e. The summed E-state index contributed by atoms with van der Waals surface area (Å²) >= 11 is 0. The van der Waals surface area contributed by atoms with Gasteiger partial charge in [0.2, 0.25) is 0 Å². The standard InChI is InChI=1S/C43H36S/c1-4-28-20-21-30-25-31(34-23-22-32(44(2)3)27-42(34)40(30)24-28)26-41-35-15-7-9-17-38(35)43(39-18-10-8-16-36(39)41)37-19-11-13-29-12-5-6-14-33(29)37/h5-24,27,31H,2,4,25-26H2,1,3H3. The summed E-state index contributed by atoms with van der Waals surface area (Å²) in [7, 11) is -0.0285. The molecular weight excluding hydrogens is 549 g/mol. The Hall–Kier alpha value is -4.46. The molecule has 1 heteroatoms. The third-order valence-corrected chi connectivity index (χ3v) is 10.8. The van der Waals surface area contributed by atoms with Gasteiger partial charge in [-0.2, -0.15) is 10.5 Å². The summed E-state index contributed by atoms with van der Waals surface area (Å²) in [5.74, 6) is 4.78. The van der Waals surface area contributed by atoms with Crippen molar-refractivity contribution in [3.63, 3.8) is 0 Å². The van der Waals surface area contributed by atoms with Crippen LogP contribution in [-0.4, -0.2) is 12.1 Å². The molecule has 2 unspecified atom stereocenters. The third kappa shape index (κ3) is 4.42. The lowest BCUT2D eigenvalue weighted by atomic mass is 9.74. The van der Waals surface area contributed by atoms with Crippen molar-refractivity contribution < 1.29 is 0 Å². The highest BCUT2D eigenvalue weighted by Gasteiger charge is 2.27. The van der Waals surface area contributed by atoms with Crippen molar-refractivity contribution in [2.75, 3.05) is 6.26 Å². The van der Waals surface area contributed by atoms with Crippen molar-refractivity contribution in [2.45, 2.75) is 37.0 Å². The van der Waals surface area contributed by atoms with E-state index in [1.165, 1.54) is 81.7 Å². The molecule has 7 aromatic rings. The summed E-state index contributed by atoms with van der Waals surface area (Å²) in [6, 6.07) is 48.1. The molecule has 0 saturated heterocycles. The molecule has 44 heavy (non-hydrogen) atoms. The van der Waals surface area contributed by atoms with E-state index in [1.54, 1.807) is 0 Å². The van der Waals surface area contributed by atoms with Gasteiger partial charge in [-0.05, 0) is 120 Å². The van der Waals surface area contributed by atoms with Crippen LogP contribution in [0.1, 0.15) is 35.1 Å². The number of aryl methyl sites for hydroxylation is 1. The van der Waals surface area contributed by atoms with Gasteiger partial charge >= 0.3 is 0 Å². The number of rotatable bonds is 5. The molecule has 0 saturated carbocycles. The second-order valence-electron chi connectivity index (χ2n) is 12.3. The monoisotopic (exact) mass is 584 g/mol. The van der Waals surface area contributed by atoms with Crippen LogP contribution in [0.5, 0.6) is 0 Å². The molecule has 8 rings (SSSR count). The fraction of sp³-hybridized carbons (Fsp3) is 0.140. The highest BCUT2D eigenvalue weighted by molar-refractivity contribution is 8.13. The first-order valence-electron chi connectivity index (χ1n) is 15.7. The normalized spacial score (nSPS) is 14.9. The predicted molar refractivity (Wildman–Crippen MR) is 195 cm³/mol. The van der Waals surface area contributed by atoms with E-state index in [9.17, 15) is 0 Å². The molecule has 7 aromatic carbocycles. The first-order valence-corrected chi connectivity index (χ1v) is 17.5. The fourth-order valence-corrected chi connectivity index (χ4v) is 8.21. The molecule has 2 atom stereocenters. The van der Waals surface area contributed by atoms with Crippen molar-refractivity contribution in [3.05, 3.63) is 150 Å². The number of fused-ring (bicyclic) bond motifs is 6. The van der Waals surface area contributed by atoms with Crippen LogP contribution < -0.4 is 0 Å². The largest absolute Gasteiger partial charge is 0.165 e. The maximum atomic E-state index is 4.38. The van der Waals surface area contributed by atoms with Crippen LogP contribution in [0.3, 0.4) is 0 Å². The van der Waals surface area contributed by atoms with Crippen LogP contribution >= 0.6 is 10.5 Å². The van der Waals surface area contributed by atoms with Gasteiger partial charge in [-0.1, -0.05) is 128 Å². The topological polar surface area (TPSA) is 0 Å². The molecule has 0 aromatic heterocycles. The number of hydrogen-bond donors (Lipinski definition) is 0. The van der Waals surface area contributed by atoms with Crippen LogP contribution in [0.4, 0.5) is 0 Å². The number of hydrogen-bond acceptors (Lipinski definition) is 0. The second-order valence-corrected chi connectivity index (χ2v) is 14.1. The van der Waals surface area contributed by atoms with Gasteiger partial charge in [-0.3, -0.25) is 0 Å². The van der Waals surface area contributed by atoms with E-state index in [0.29, 0.717) is 5.92 Å². The molecule has 1 aliphatic carbocycles. The lowest BCUT2D eigenvalue weighted by Gasteiger charge is -2.30. The average Bonchev–Trinajstić information content (AvgIpc) is 3.07. The van der Waals surface area contributed by atoms with Gasteiger partial charge < -0.3 is 0 Å². The second kappa shape index (κ2) is 10.9. The van der Waals surface area contributed by atoms with E-state index in [4.69, 9.17) is 0 Å². The third-order valence-electron chi connectivity index (χ3n) is 9.76. The van der Waals surface area contributed by atoms with E-state index >= 15 is 0 Å². The zero-order valence-electron chi connectivity index (χ0n) is 25.4. The van der Waals surface area contributed by atoms with Gasteiger partial charge in [-0.15, -0.1) is 0 Å². The summed E-state index contributed by atoms with van der Waals surface area (Å²) in [5.41, 5.74) is 11.3. The van der Waals surface area contributed by atoms with Crippen LogP contribution in [0.25, 0.3) is 54.6 Å². The van der Waals surface area contributed by atoms with Crippen molar-refractivity contribution >= 4 is 48.7 Å². The van der Waals surface area contributed by atoms with Gasteiger partial charge in [0.15, 0.2) is 0 Å². The summed E-state index contributed by atoms with van der Waals surface area (Å²) in [5, 5.41) is 7.99. The molecule has 0 bridgehead atoms. The van der Waals surface area contributed by atoms with Gasteiger partial charge in [0.25, 0.3) is 0 Å². The fourth-order valence-electron chi connectivity index (χ4n) is 7.59. The molecule has 0 aliphatic heterocycles. The Morgan fingerprint density at radius 3 is 2.00 bits per heavy atom. The van der Waals surface area contributed by atoms with E-state index in [2.05, 4.69) is 146 Å². The van der Waals surface area contributed by atoms with Crippen molar-refractivity contribution in [1.29, 1.82) is 0 Å². The lowest BCUT2D eigenvalue weighted by molar-refractivity contribution is 0.677.